The Morgan fingerprint density at radius 3 is 2.25 bits per heavy atom. The van der Waals surface area contributed by atoms with Gasteiger partial charge in [-0.25, -0.2) is 8.78 Å². The SMILES string of the molecule is O=Nc1cc(F)c(N2CCOCC2)c(F)c1. The van der Waals surface area contributed by atoms with E-state index in [1.807, 2.05) is 0 Å². The summed E-state index contributed by atoms with van der Waals surface area (Å²) in [4.78, 5) is 11.7. The number of ether oxygens (including phenoxy) is 1. The molecule has 16 heavy (non-hydrogen) atoms. The fourth-order valence-corrected chi connectivity index (χ4v) is 1.69. The summed E-state index contributed by atoms with van der Waals surface area (Å²) in [6, 6.07) is 1.86. The number of benzene rings is 1. The van der Waals surface area contributed by atoms with Crippen LogP contribution in [0.3, 0.4) is 0 Å². The average Bonchev–Trinajstić information content (AvgIpc) is 2.29. The Balaban J connectivity index is 2.35. The molecule has 1 aromatic rings. The van der Waals surface area contributed by atoms with Crippen LogP contribution in [0.5, 0.6) is 0 Å². The minimum absolute atomic E-state index is 0.115. The van der Waals surface area contributed by atoms with Crippen LogP contribution < -0.4 is 4.90 Å². The van der Waals surface area contributed by atoms with Gasteiger partial charge < -0.3 is 9.64 Å². The highest BCUT2D eigenvalue weighted by Gasteiger charge is 2.20. The second-order valence-corrected chi connectivity index (χ2v) is 3.45. The van der Waals surface area contributed by atoms with Crippen molar-refractivity contribution in [3.05, 3.63) is 28.7 Å². The Kier molecular flexibility index (Phi) is 3.09. The molecule has 1 aromatic carbocycles. The molecule has 0 N–H and O–H groups in total. The second kappa shape index (κ2) is 4.52. The van der Waals surface area contributed by atoms with E-state index < -0.39 is 11.6 Å². The van der Waals surface area contributed by atoms with E-state index in [0.29, 0.717) is 26.3 Å². The number of hydrogen-bond acceptors (Lipinski definition) is 4. The minimum Gasteiger partial charge on any atom is -0.378 e. The van der Waals surface area contributed by atoms with Gasteiger partial charge >= 0.3 is 0 Å². The van der Waals surface area contributed by atoms with E-state index in [4.69, 9.17) is 4.74 Å². The predicted octanol–water partition coefficient (Wildman–Crippen LogP) is 2.20. The molecule has 1 heterocycles. The normalized spacial score (nSPS) is 16.2. The van der Waals surface area contributed by atoms with Crippen molar-refractivity contribution in [3.63, 3.8) is 0 Å². The monoisotopic (exact) mass is 228 g/mol. The Bertz CT molecular complexity index is 383. The molecule has 0 unspecified atom stereocenters. The molecule has 86 valence electrons. The Labute approximate surface area is 90.8 Å². The number of nitroso groups, excluding NO2 is 1. The largest absolute Gasteiger partial charge is 0.378 e. The van der Waals surface area contributed by atoms with E-state index in [1.54, 1.807) is 4.90 Å². The van der Waals surface area contributed by atoms with Gasteiger partial charge in [-0.05, 0) is 5.18 Å². The first-order chi connectivity index (χ1) is 7.72. The van der Waals surface area contributed by atoms with Crippen LogP contribution >= 0.6 is 0 Å². The molecule has 1 saturated heterocycles. The van der Waals surface area contributed by atoms with Gasteiger partial charge in [0.2, 0.25) is 0 Å². The maximum atomic E-state index is 13.6. The molecule has 1 aliphatic rings. The highest BCUT2D eigenvalue weighted by Crippen LogP contribution is 2.28. The molecule has 0 aliphatic carbocycles. The summed E-state index contributed by atoms with van der Waals surface area (Å²) in [7, 11) is 0. The smallest absolute Gasteiger partial charge is 0.151 e. The number of morpholine rings is 1. The van der Waals surface area contributed by atoms with Crippen LogP contribution in [0.1, 0.15) is 0 Å². The van der Waals surface area contributed by atoms with Gasteiger partial charge in [-0.15, -0.1) is 4.91 Å². The Morgan fingerprint density at radius 1 is 1.19 bits per heavy atom. The zero-order valence-electron chi connectivity index (χ0n) is 8.45. The molecule has 0 amide bonds. The predicted molar refractivity (Wildman–Crippen MR) is 54.8 cm³/mol. The third-order valence-corrected chi connectivity index (χ3v) is 2.43. The molecule has 6 heteroatoms. The van der Waals surface area contributed by atoms with E-state index in [9.17, 15) is 13.7 Å². The van der Waals surface area contributed by atoms with Crippen LogP contribution in [0.15, 0.2) is 17.3 Å². The van der Waals surface area contributed by atoms with Crippen LogP contribution in [-0.2, 0) is 4.74 Å². The molecule has 0 saturated carbocycles. The summed E-state index contributed by atoms with van der Waals surface area (Å²) in [6.07, 6.45) is 0. The third-order valence-electron chi connectivity index (χ3n) is 2.43. The van der Waals surface area contributed by atoms with Crippen LogP contribution in [0.4, 0.5) is 20.2 Å². The second-order valence-electron chi connectivity index (χ2n) is 3.45. The summed E-state index contributed by atoms with van der Waals surface area (Å²) in [5.41, 5.74) is -0.359. The van der Waals surface area contributed by atoms with Crippen LogP contribution in [0.2, 0.25) is 0 Å². The summed E-state index contributed by atoms with van der Waals surface area (Å²) < 4.78 is 32.2. The fourth-order valence-electron chi connectivity index (χ4n) is 1.69. The molecule has 0 aromatic heterocycles. The number of halogens is 2. The van der Waals surface area contributed by atoms with Gasteiger partial charge in [-0.3, -0.25) is 0 Å². The van der Waals surface area contributed by atoms with E-state index in [2.05, 4.69) is 5.18 Å². The molecule has 0 atom stereocenters. The first kappa shape index (κ1) is 10.9. The van der Waals surface area contributed by atoms with Crippen molar-refractivity contribution in [2.45, 2.75) is 0 Å². The highest BCUT2D eigenvalue weighted by atomic mass is 19.1. The third kappa shape index (κ3) is 2.01. The van der Waals surface area contributed by atoms with Crippen LogP contribution in [0.25, 0.3) is 0 Å². The van der Waals surface area contributed by atoms with Gasteiger partial charge in [0, 0.05) is 25.2 Å². The van der Waals surface area contributed by atoms with Crippen molar-refractivity contribution in [2.75, 3.05) is 31.2 Å². The van der Waals surface area contributed by atoms with Gasteiger partial charge in [-0.1, -0.05) is 0 Å². The minimum atomic E-state index is -0.767. The number of nitrogens with zero attached hydrogens (tertiary/aromatic N) is 2. The molecule has 0 bridgehead atoms. The number of anilines is 1. The quantitative estimate of drug-likeness (QED) is 0.728. The van der Waals surface area contributed by atoms with Crippen molar-refractivity contribution in [1.82, 2.24) is 0 Å². The standard InChI is InChI=1S/C10H10F2N2O2/c11-8-5-7(13-15)6-9(12)10(8)14-1-3-16-4-2-14/h5-6H,1-4H2. The van der Waals surface area contributed by atoms with Crippen molar-refractivity contribution in [2.24, 2.45) is 5.18 Å². The molecule has 1 fully saturated rings. The number of rotatable bonds is 2. The van der Waals surface area contributed by atoms with Crippen LogP contribution in [-0.4, -0.2) is 26.3 Å². The summed E-state index contributed by atoms with van der Waals surface area (Å²) in [5, 5.41) is 2.51. The first-order valence-electron chi connectivity index (χ1n) is 4.87. The zero-order valence-corrected chi connectivity index (χ0v) is 8.45. The van der Waals surface area contributed by atoms with Crippen molar-refractivity contribution in [3.8, 4) is 0 Å². The lowest BCUT2D eigenvalue weighted by Gasteiger charge is -2.29. The van der Waals surface area contributed by atoms with E-state index in [-0.39, 0.29) is 11.4 Å². The van der Waals surface area contributed by atoms with Gasteiger partial charge in [0.15, 0.2) is 11.6 Å². The van der Waals surface area contributed by atoms with Gasteiger partial charge in [-0.2, -0.15) is 0 Å². The lowest BCUT2D eigenvalue weighted by atomic mass is 10.2. The van der Waals surface area contributed by atoms with Crippen molar-refractivity contribution >= 4 is 11.4 Å². The zero-order chi connectivity index (χ0) is 11.5. The lowest BCUT2D eigenvalue weighted by Crippen LogP contribution is -2.37. The van der Waals surface area contributed by atoms with E-state index in [1.165, 1.54) is 0 Å². The molecule has 0 spiro atoms. The highest BCUT2D eigenvalue weighted by molar-refractivity contribution is 5.55. The maximum Gasteiger partial charge on any atom is 0.151 e. The molecular formula is C10H10F2N2O2. The lowest BCUT2D eigenvalue weighted by molar-refractivity contribution is 0.122. The summed E-state index contributed by atoms with van der Waals surface area (Å²) in [5.74, 6) is -1.53. The molecule has 4 nitrogen and oxygen atoms in total. The maximum absolute atomic E-state index is 13.6. The van der Waals surface area contributed by atoms with Gasteiger partial charge in [0.1, 0.15) is 11.4 Å². The van der Waals surface area contributed by atoms with Gasteiger partial charge in [0.05, 0.1) is 13.2 Å². The molecular weight excluding hydrogens is 218 g/mol. The van der Waals surface area contributed by atoms with E-state index >= 15 is 0 Å². The average molecular weight is 228 g/mol. The van der Waals surface area contributed by atoms with Crippen LogP contribution in [0, 0.1) is 16.5 Å². The topological polar surface area (TPSA) is 41.9 Å². The molecule has 1 aliphatic heterocycles. The Morgan fingerprint density at radius 2 is 1.75 bits per heavy atom. The summed E-state index contributed by atoms with van der Waals surface area (Å²) in [6.45, 7) is 1.74. The molecule has 0 radical (unpaired) electrons. The number of hydrogen-bond donors (Lipinski definition) is 0. The fraction of sp³-hybridized carbons (Fsp3) is 0.400. The summed E-state index contributed by atoms with van der Waals surface area (Å²) >= 11 is 0. The Hall–Kier alpha value is -1.56. The first-order valence-corrected chi connectivity index (χ1v) is 4.87. The van der Waals surface area contributed by atoms with Crippen molar-refractivity contribution in [1.29, 1.82) is 0 Å². The van der Waals surface area contributed by atoms with E-state index in [0.717, 1.165) is 12.1 Å². The molecule has 2 rings (SSSR count). The van der Waals surface area contributed by atoms with Gasteiger partial charge in [0.25, 0.3) is 0 Å². The van der Waals surface area contributed by atoms with Crippen molar-refractivity contribution < 1.29 is 13.5 Å².